The third-order valence-corrected chi connectivity index (χ3v) is 4.42. The van der Waals surface area contributed by atoms with Crippen LogP contribution in [0.15, 0.2) is 54.6 Å². The molecule has 1 fully saturated rings. The summed E-state index contributed by atoms with van der Waals surface area (Å²) in [4.78, 5) is 17.1. The van der Waals surface area contributed by atoms with Crippen molar-refractivity contribution >= 4 is 24.0 Å². The van der Waals surface area contributed by atoms with Gasteiger partial charge in [-0.3, -0.25) is 4.79 Å². The van der Waals surface area contributed by atoms with E-state index in [1.165, 1.54) is 5.56 Å². The summed E-state index contributed by atoms with van der Waals surface area (Å²) in [5.74, 6) is 0.178. The van der Waals surface area contributed by atoms with E-state index in [4.69, 9.17) is 5.73 Å². The van der Waals surface area contributed by atoms with Gasteiger partial charge in [-0.05, 0) is 30.3 Å². The molecule has 5 heteroatoms. The van der Waals surface area contributed by atoms with Gasteiger partial charge in [-0.15, -0.1) is 12.4 Å². The normalized spacial score (nSPS) is 18.0. The molecule has 1 aliphatic rings. The monoisotopic (exact) mass is 345 g/mol. The van der Waals surface area contributed by atoms with Gasteiger partial charge in [-0.25, -0.2) is 0 Å². The van der Waals surface area contributed by atoms with E-state index in [2.05, 4.69) is 24.1 Å². The van der Waals surface area contributed by atoms with Gasteiger partial charge in [0.05, 0.1) is 12.5 Å². The molecule has 128 valence electrons. The van der Waals surface area contributed by atoms with E-state index in [1.807, 2.05) is 47.4 Å². The van der Waals surface area contributed by atoms with Gasteiger partial charge in [-0.1, -0.05) is 42.5 Å². The van der Waals surface area contributed by atoms with Crippen molar-refractivity contribution in [2.75, 3.05) is 32.4 Å². The molecular weight excluding hydrogens is 322 g/mol. The molecule has 1 amide bonds. The highest BCUT2D eigenvalue weighted by Gasteiger charge is 2.29. The number of hydrogen-bond donors (Lipinski definition) is 1. The quantitative estimate of drug-likeness (QED) is 0.870. The van der Waals surface area contributed by atoms with E-state index in [0.717, 1.165) is 30.9 Å². The minimum atomic E-state index is 0. The summed E-state index contributed by atoms with van der Waals surface area (Å²) in [6.45, 7) is 2.55. The number of nitrogens with two attached hydrogens (primary N) is 1. The van der Waals surface area contributed by atoms with Crippen molar-refractivity contribution in [2.24, 2.45) is 0 Å². The van der Waals surface area contributed by atoms with Crippen LogP contribution in [0, 0.1) is 0 Å². The lowest BCUT2D eigenvalue weighted by molar-refractivity contribution is -0.135. The second kappa shape index (κ2) is 8.18. The molecule has 2 N–H and O–H groups in total. The van der Waals surface area contributed by atoms with Crippen LogP contribution in [0.2, 0.25) is 0 Å². The molecule has 0 saturated carbocycles. The third kappa shape index (κ3) is 4.28. The van der Waals surface area contributed by atoms with Gasteiger partial charge in [0.15, 0.2) is 0 Å². The number of anilines is 1. The molecule has 0 radical (unpaired) electrons. The van der Waals surface area contributed by atoms with E-state index in [-0.39, 0.29) is 24.4 Å². The Bertz CT molecular complexity index is 660. The smallest absolute Gasteiger partial charge is 0.227 e. The molecule has 0 aliphatic carbocycles. The highest BCUT2D eigenvalue weighted by molar-refractivity contribution is 5.85. The molecule has 2 aromatic carbocycles. The molecule has 1 saturated heterocycles. The Labute approximate surface area is 149 Å². The summed E-state index contributed by atoms with van der Waals surface area (Å²) < 4.78 is 0. The van der Waals surface area contributed by atoms with Gasteiger partial charge in [0.1, 0.15) is 0 Å². The molecule has 1 aliphatic heterocycles. The fourth-order valence-corrected chi connectivity index (χ4v) is 3.09. The standard InChI is InChI=1S/C19H23N3O.ClH/c1-21-11-12-22(18(14-21)16-5-3-2-4-6-16)19(23)13-15-7-9-17(20)10-8-15;/h2-10,18H,11-14,20H2,1H3;1H. The van der Waals surface area contributed by atoms with Crippen LogP contribution in [0.5, 0.6) is 0 Å². The minimum Gasteiger partial charge on any atom is -0.399 e. The lowest BCUT2D eigenvalue weighted by Gasteiger charge is -2.40. The molecule has 2 aromatic rings. The zero-order valence-electron chi connectivity index (χ0n) is 13.9. The molecule has 1 atom stereocenters. The summed E-state index contributed by atoms with van der Waals surface area (Å²) in [6.07, 6.45) is 0.424. The fraction of sp³-hybridized carbons (Fsp3) is 0.316. The van der Waals surface area contributed by atoms with Crippen LogP contribution in [0.25, 0.3) is 0 Å². The van der Waals surface area contributed by atoms with Crippen molar-refractivity contribution in [1.82, 2.24) is 9.80 Å². The second-order valence-corrected chi connectivity index (χ2v) is 6.19. The first kappa shape index (κ1) is 18.3. The van der Waals surface area contributed by atoms with Gasteiger partial charge in [0, 0.05) is 25.3 Å². The summed E-state index contributed by atoms with van der Waals surface area (Å²) in [6, 6.07) is 18.0. The minimum absolute atomic E-state index is 0. The van der Waals surface area contributed by atoms with Gasteiger partial charge >= 0.3 is 0 Å². The number of carbonyl (C=O) groups excluding carboxylic acids is 1. The zero-order valence-corrected chi connectivity index (χ0v) is 14.7. The van der Waals surface area contributed by atoms with E-state index in [9.17, 15) is 4.79 Å². The van der Waals surface area contributed by atoms with Gasteiger partial charge in [0.2, 0.25) is 5.91 Å². The largest absolute Gasteiger partial charge is 0.399 e. The van der Waals surface area contributed by atoms with E-state index >= 15 is 0 Å². The number of likely N-dealkylation sites (N-methyl/N-ethyl adjacent to an activating group) is 1. The number of piperazine rings is 1. The maximum atomic E-state index is 12.8. The number of benzene rings is 2. The maximum Gasteiger partial charge on any atom is 0.227 e. The van der Waals surface area contributed by atoms with Crippen molar-refractivity contribution in [3.63, 3.8) is 0 Å². The summed E-state index contributed by atoms with van der Waals surface area (Å²) in [7, 11) is 2.11. The Morgan fingerprint density at radius 2 is 1.75 bits per heavy atom. The lowest BCUT2D eigenvalue weighted by Crippen LogP contribution is -2.49. The van der Waals surface area contributed by atoms with Crippen molar-refractivity contribution in [3.05, 3.63) is 65.7 Å². The summed E-state index contributed by atoms with van der Waals surface area (Å²) in [5, 5.41) is 0. The fourth-order valence-electron chi connectivity index (χ4n) is 3.09. The Kier molecular flexibility index (Phi) is 6.23. The predicted molar refractivity (Wildman–Crippen MR) is 100 cm³/mol. The Balaban J connectivity index is 0.00000208. The van der Waals surface area contributed by atoms with Crippen LogP contribution in [0.3, 0.4) is 0 Å². The van der Waals surface area contributed by atoms with Crippen molar-refractivity contribution < 1.29 is 4.79 Å². The zero-order chi connectivity index (χ0) is 16.2. The first-order valence-corrected chi connectivity index (χ1v) is 8.01. The van der Waals surface area contributed by atoms with Crippen LogP contribution >= 0.6 is 12.4 Å². The molecule has 3 rings (SSSR count). The predicted octanol–water partition coefficient (Wildman–Crippen LogP) is 2.75. The maximum absolute atomic E-state index is 12.8. The van der Waals surface area contributed by atoms with Crippen LogP contribution in [0.1, 0.15) is 17.2 Å². The SMILES string of the molecule is CN1CCN(C(=O)Cc2ccc(N)cc2)C(c2ccccc2)C1.Cl. The van der Waals surface area contributed by atoms with Gasteiger partial charge < -0.3 is 15.5 Å². The topological polar surface area (TPSA) is 49.6 Å². The molecular formula is C19H24ClN3O. The Morgan fingerprint density at radius 1 is 1.08 bits per heavy atom. The molecule has 0 spiro atoms. The number of nitrogens with zero attached hydrogens (tertiary/aromatic N) is 2. The third-order valence-electron chi connectivity index (χ3n) is 4.42. The van der Waals surface area contributed by atoms with Crippen LogP contribution < -0.4 is 5.73 Å². The van der Waals surface area contributed by atoms with E-state index in [0.29, 0.717) is 6.42 Å². The number of nitrogen functional groups attached to an aromatic ring is 1. The first-order valence-electron chi connectivity index (χ1n) is 8.01. The Morgan fingerprint density at radius 3 is 2.42 bits per heavy atom. The molecule has 0 bridgehead atoms. The second-order valence-electron chi connectivity index (χ2n) is 6.19. The molecule has 24 heavy (non-hydrogen) atoms. The number of amides is 1. The number of rotatable bonds is 3. The van der Waals surface area contributed by atoms with E-state index < -0.39 is 0 Å². The summed E-state index contributed by atoms with van der Waals surface area (Å²) >= 11 is 0. The highest BCUT2D eigenvalue weighted by Crippen LogP contribution is 2.25. The molecule has 1 unspecified atom stereocenters. The lowest BCUT2D eigenvalue weighted by atomic mass is 10.0. The Hall–Kier alpha value is -2.04. The van der Waals surface area contributed by atoms with Crippen LogP contribution in [-0.4, -0.2) is 42.4 Å². The van der Waals surface area contributed by atoms with E-state index in [1.54, 1.807) is 0 Å². The first-order chi connectivity index (χ1) is 11.1. The van der Waals surface area contributed by atoms with Crippen molar-refractivity contribution in [1.29, 1.82) is 0 Å². The van der Waals surface area contributed by atoms with Gasteiger partial charge in [0.25, 0.3) is 0 Å². The number of halogens is 1. The molecule has 0 aromatic heterocycles. The van der Waals surface area contributed by atoms with Crippen molar-refractivity contribution in [2.45, 2.75) is 12.5 Å². The van der Waals surface area contributed by atoms with Crippen molar-refractivity contribution in [3.8, 4) is 0 Å². The molecule has 1 heterocycles. The molecule has 4 nitrogen and oxygen atoms in total. The van der Waals surface area contributed by atoms with Gasteiger partial charge in [-0.2, -0.15) is 0 Å². The summed E-state index contributed by atoms with van der Waals surface area (Å²) in [5.41, 5.74) is 8.65. The average molecular weight is 346 g/mol. The average Bonchev–Trinajstić information content (AvgIpc) is 2.57. The number of hydrogen-bond acceptors (Lipinski definition) is 3. The van der Waals surface area contributed by atoms with Crippen LogP contribution in [0.4, 0.5) is 5.69 Å². The number of carbonyl (C=O) groups is 1. The van der Waals surface area contributed by atoms with Crippen LogP contribution in [-0.2, 0) is 11.2 Å². The highest BCUT2D eigenvalue weighted by atomic mass is 35.5.